The van der Waals surface area contributed by atoms with Crippen LogP contribution < -0.4 is 5.73 Å². The van der Waals surface area contributed by atoms with E-state index in [4.69, 9.17) is 28.9 Å². The summed E-state index contributed by atoms with van der Waals surface area (Å²) in [4.78, 5) is 0.222. The molecule has 20 heavy (non-hydrogen) atoms. The van der Waals surface area contributed by atoms with Crippen molar-refractivity contribution in [2.75, 3.05) is 5.73 Å². The number of rotatable bonds is 3. The van der Waals surface area contributed by atoms with Crippen molar-refractivity contribution in [3.8, 4) is 0 Å². The molecule has 0 aliphatic rings. The van der Waals surface area contributed by atoms with E-state index in [1.54, 1.807) is 37.3 Å². The van der Waals surface area contributed by atoms with E-state index in [1.807, 2.05) is 0 Å². The Kier molecular flexibility index (Phi) is 4.28. The fourth-order valence-electron chi connectivity index (χ4n) is 1.78. The molecule has 0 spiro atoms. The summed E-state index contributed by atoms with van der Waals surface area (Å²) in [5.74, 6) is -0.199. The molecular formula is C14H13Cl2NO2S. The lowest BCUT2D eigenvalue weighted by atomic mass is 10.2. The third kappa shape index (κ3) is 3.26. The summed E-state index contributed by atoms with van der Waals surface area (Å²) in [5, 5.41) is 0.832. The van der Waals surface area contributed by atoms with Gasteiger partial charge in [-0.05, 0) is 54.4 Å². The molecule has 2 N–H and O–H groups in total. The average Bonchev–Trinajstić information content (AvgIpc) is 2.36. The van der Waals surface area contributed by atoms with E-state index < -0.39 is 9.84 Å². The zero-order valence-corrected chi connectivity index (χ0v) is 13.1. The molecule has 0 fully saturated rings. The Labute approximate surface area is 128 Å². The first-order valence-corrected chi connectivity index (χ1v) is 8.23. The smallest absolute Gasteiger partial charge is 0.182 e. The summed E-state index contributed by atoms with van der Waals surface area (Å²) < 4.78 is 24.8. The van der Waals surface area contributed by atoms with E-state index in [2.05, 4.69) is 0 Å². The molecule has 2 rings (SSSR count). The number of benzene rings is 2. The highest BCUT2D eigenvalue weighted by Gasteiger charge is 2.18. The monoisotopic (exact) mass is 329 g/mol. The van der Waals surface area contributed by atoms with E-state index in [0.717, 1.165) is 5.56 Å². The molecule has 0 aliphatic heterocycles. The maximum Gasteiger partial charge on any atom is 0.182 e. The third-order valence-electron chi connectivity index (χ3n) is 2.95. The second kappa shape index (κ2) is 5.64. The van der Waals surface area contributed by atoms with Gasteiger partial charge in [0.25, 0.3) is 0 Å². The summed E-state index contributed by atoms with van der Waals surface area (Å²) in [7, 11) is -3.49. The fourth-order valence-corrected chi connectivity index (χ4v) is 3.69. The second-order valence-corrected chi connectivity index (χ2v) is 7.35. The number of nitrogens with two attached hydrogens (primary N) is 1. The SMILES string of the molecule is Cc1cc(S(=O)(=O)Cc2cc(Cl)ccc2Cl)ccc1N. The normalized spacial score (nSPS) is 11.6. The van der Waals surface area contributed by atoms with E-state index >= 15 is 0 Å². The lowest BCUT2D eigenvalue weighted by molar-refractivity contribution is 0.595. The highest BCUT2D eigenvalue weighted by molar-refractivity contribution is 7.90. The largest absolute Gasteiger partial charge is 0.399 e. The number of sulfone groups is 1. The van der Waals surface area contributed by atoms with Gasteiger partial charge in [-0.15, -0.1) is 0 Å². The van der Waals surface area contributed by atoms with Crippen LogP contribution in [0.3, 0.4) is 0 Å². The third-order valence-corrected chi connectivity index (χ3v) is 5.22. The van der Waals surface area contributed by atoms with Gasteiger partial charge in [0.1, 0.15) is 0 Å². The van der Waals surface area contributed by atoms with Crippen LogP contribution in [0.5, 0.6) is 0 Å². The molecule has 0 aromatic heterocycles. The molecule has 0 aliphatic carbocycles. The van der Waals surface area contributed by atoms with Crippen LogP contribution >= 0.6 is 23.2 Å². The van der Waals surface area contributed by atoms with Gasteiger partial charge in [-0.3, -0.25) is 0 Å². The Balaban J connectivity index is 2.40. The van der Waals surface area contributed by atoms with E-state index in [-0.39, 0.29) is 10.6 Å². The minimum Gasteiger partial charge on any atom is -0.399 e. The number of aryl methyl sites for hydroxylation is 1. The van der Waals surface area contributed by atoms with Gasteiger partial charge in [-0.2, -0.15) is 0 Å². The number of hydrogen-bond donors (Lipinski definition) is 1. The molecule has 3 nitrogen and oxygen atoms in total. The van der Waals surface area contributed by atoms with Gasteiger partial charge in [0.15, 0.2) is 9.84 Å². The molecule has 0 bridgehead atoms. The molecule has 0 amide bonds. The van der Waals surface area contributed by atoms with E-state index in [1.165, 1.54) is 6.07 Å². The van der Waals surface area contributed by atoms with Gasteiger partial charge in [0, 0.05) is 15.7 Å². The maximum absolute atomic E-state index is 12.4. The first-order chi connectivity index (χ1) is 9.29. The number of hydrogen-bond acceptors (Lipinski definition) is 3. The first kappa shape index (κ1) is 15.2. The summed E-state index contributed by atoms with van der Waals surface area (Å²) >= 11 is 11.9. The van der Waals surface area contributed by atoms with Crippen LogP contribution in [0.2, 0.25) is 10.0 Å². The highest BCUT2D eigenvalue weighted by Crippen LogP contribution is 2.26. The summed E-state index contributed by atoms with van der Waals surface area (Å²) in [6.45, 7) is 1.76. The van der Waals surface area contributed by atoms with Gasteiger partial charge in [0.2, 0.25) is 0 Å². The van der Waals surface area contributed by atoms with Gasteiger partial charge in [-0.25, -0.2) is 8.42 Å². The Morgan fingerprint density at radius 3 is 2.45 bits per heavy atom. The van der Waals surface area contributed by atoms with Gasteiger partial charge >= 0.3 is 0 Å². The standard InChI is InChI=1S/C14H13Cl2NO2S/c1-9-6-12(3-5-14(9)17)20(18,19)8-10-7-11(15)2-4-13(10)16/h2-7H,8,17H2,1H3. The topological polar surface area (TPSA) is 60.2 Å². The van der Waals surface area contributed by atoms with Crippen molar-refractivity contribution in [2.45, 2.75) is 17.6 Å². The van der Waals surface area contributed by atoms with Crippen molar-refractivity contribution in [1.29, 1.82) is 0 Å². The summed E-state index contributed by atoms with van der Waals surface area (Å²) in [6.07, 6.45) is 0. The molecule has 0 saturated heterocycles. The fraction of sp³-hybridized carbons (Fsp3) is 0.143. The molecular weight excluding hydrogens is 317 g/mol. The van der Waals surface area contributed by atoms with Crippen LogP contribution in [0.25, 0.3) is 0 Å². The van der Waals surface area contributed by atoms with Gasteiger partial charge in [0.05, 0.1) is 10.6 Å². The molecule has 0 radical (unpaired) electrons. The van der Waals surface area contributed by atoms with Crippen LogP contribution in [0, 0.1) is 6.92 Å². The van der Waals surface area contributed by atoms with E-state index in [0.29, 0.717) is 21.3 Å². The first-order valence-electron chi connectivity index (χ1n) is 5.82. The Hall–Kier alpha value is -1.23. The number of halogens is 2. The van der Waals surface area contributed by atoms with Gasteiger partial charge < -0.3 is 5.73 Å². The molecule has 106 valence electrons. The van der Waals surface area contributed by atoms with Crippen LogP contribution in [0.4, 0.5) is 5.69 Å². The minimum atomic E-state index is -3.49. The lowest BCUT2D eigenvalue weighted by Gasteiger charge is -2.09. The molecule has 6 heteroatoms. The predicted octanol–water partition coefficient (Wildman–Crippen LogP) is 3.86. The Bertz CT molecular complexity index is 758. The minimum absolute atomic E-state index is 0.199. The molecule has 2 aromatic carbocycles. The van der Waals surface area contributed by atoms with Crippen molar-refractivity contribution in [3.05, 3.63) is 57.6 Å². The molecule has 2 aromatic rings. The van der Waals surface area contributed by atoms with E-state index in [9.17, 15) is 8.42 Å². The van der Waals surface area contributed by atoms with Crippen molar-refractivity contribution in [3.63, 3.8) is 0 Å². The molecule has 0 saturated carbocycles. The zero-order valence-electron chi connectivity index (χ0n) is 10.7. The van der Waals surface area contributed by atoms with Crippen molar-refractivity contribution >= 4 is 38.7 Å². The van der Waals surface area contributed by atoms with Crippen molar-refractivity contribution in [2.24, 2.45) is 0 Å². The Morgan fingerprint density at radius 2 is 1.80 bits per heavy atom. The lowest BCUT2D eigenvalue weighted by Crippen LogP contribution is -2.06. The predicted molar refractivity (Wildman–Crippen MR) is 82.9 cm³/mol. The highest BCUT2D eigenvalue weighted by atomic mass is 35.5. The van der Waals surface area contributed by atoms with Crippen molar-refractivity contribution < 1.29 is 8.42 Å². The number of nitrogen functional groups attached to an aromatic ring is 1. The Morgan fingerprint density at radius 1 is 1.10 bits per heavy atom. The molecule has 0 atom stereocenters. The van der Waals surface area contributed by atoms with Crippen LogP contribution in [-0.2, 0) is 15.6 Å². The maximum atomic E-state index is 12.4. The molecule has 0 unspecified atom stereocenters. The molecule has 0 heterocycles. The van der Waals surface area contributed by atoms with Crippen LogP contribution in [0.1, 0.15) is 11.1 Å². The average molecular weight is 330 g/mol. The summed E-state index contributed by atoms with van der Waals surface area (Å²) in [5.41, 5.74) is 7.46. The summed E-state index contributed by atoms with van der Waals surface area (Å²) in [6, 6.07) is 9.41. The quantitative estimate of drug-likeness (QED) is 0.870. The number of anilines is 1. The second-order valence-electron chi connectivity index (χ2n) is 4.51. The zero-order chi connectivity index (χ0) is 14.9. The van der Waals surface area contributed by atoms with Crippen molar-refractivity contribution in [1.82, 2.24) is 0 Å². The van der Waals surface area contributed by atoms with Gasteiger partial charge in [-0.1, -0.05) is 23.2 Å². The van der Waals surface area contributed by atoms with Crippen LogP contribution in [0.15, 0.2) is 41.3 Å². The van der Waals surface area contributed by atoms with Crippen LogP contribution in [-0.4, -0.2) is 8.42 Å².